The van der Waals surface area contributed by atoms with E-state index in [-0.39, 0.29) is 56.9 Å². The van der Waals surface area contributed by atoms with Gasteiger partial charge in [0.2, 0.25) is 41.4 Å². The van der Waals surface area contributed by atoms with Gasteiger partial charge in [-0.25, -0.2) is 13.6 Å². The first-order valence-electron chi connectivity index (χ1n) is 22.2. The van der Waals surface area contributed by atoms with Crippen LogP contribution in [0.25, 0.3) is 11.1 Å². The molecule has 70 heavy (non-hydrogen) atoms. The van der Waals surface area contributed by atoms with E-state index in [1.807, 2.05) is 51.1 Å². The lowest BCUT2D eigenvalue weighted by Gasteiger charge is -2.41. The maximum Gasteiger partial charge on any atom is 0.407 e. The lowest BCUT2D eigenvalue weighted by atomic mass is 9.82. The number of nitrogens with one attached hydrogen (secondary N) is 6. The Morgan fingerprint density at radius 1 is 0.757 bits per heavy atom. The van der Waals surface area contributed by atoms with Gasteiger partial charge in [0.1, 0.15) is 43.5 Å². The van der Waals surface area contributed by atoms with E-state index in [2.05, 4.69) is 31.9 Å². The van der Waals surface area contributed by atoms with Crippen molar-refractivity contribution in [2.24, 2.45) is 16.9 Å². The lowest BCUT2D eigenvalue weighted by molar-refractivity contribution is -0.140. The van der Waals surface area contributed by atoms with E-state index in [4.69, 9.17) is 16.2 Å². The molecule has 3 atom stereocenters. The number of alkyl carbamates (subject to hydrolysis) is 1. The molecule has 3 unspecified atom stereocenters. The number of amides is 8. The average Bonchev–Trinajstić information content (AvgIpc) is 3.73. The SMILES string of the molecule is CC(C)(C)C(c1cc(-c2cc(F)ccc2F)cn1Cc1ccccc1)N(CCC(NC(=O)C(CC(N)=O)NC(=O)CNC(=O)CNC(=O)OCc1ccccc1)C(=O)NCCNC(=O)CN)C(=O)CO. The van der Waals surface area contributed by atoms with Gasteiger partial charge in [0, 0.05) is 49.2 Å². The van der Waals surface area contributed by atoms with Gasteiger partial charge in [-0.15, -0.1) is 0 Å². The molecule has 0 saturated carbocycles. The van der Waals surface area contributed by atoms with E-state index >= 15 is 4.39 Å². The number of carbonyl (C=O) groups excluding carboxylic acids is 8. The molecule has 3 aromatic carbocycles. The average molecular weight is 975 g/mol. The molecule has 0 fully saturated rings. The van der Waals surface area contributed by atoms with Crippen molar-refractivity contribution in [2.45, 2.75) is 64.9 Å². The second-order valence-corrected chi connectivity index (χ2v) is 17.1. The van der Waals surface area contributed by atoms with Crippen LogP contribution in [-0.4, -0.2) is 120 Å². The van der Waals surface area contributed by atoms with E-state index < -0.39 is 109 Å². The van der Waals surface area contributed by atoms with Crippen molar-refractivity contribution in [3.05, 3.63) is 120 Å². The monoisotopic (exact) mass is 974 g/mol. The highest BCUT2D eigenvalue weighted by Crippen LogP contribution is 2.41. The van der Waals surface area contributed by atoms with Crippen LogP contribution in [0.15, 0.2) is 91.1 Å². The number of halogens is 2. The summed E-state index contributed by atoms with van der Waals surface area (Å²) in [5.74, 6) is -7.35. The summed E-state index contributed by atoms with van der Waals surface area (Å²) in [7, 11) is 0. The Morgan fingerprint density at radius 3 is 2.03 bits per heavy atom. The first kappa shape index (κ1) is 54.9. The highest BCUT2D eigenvalue weighted by Gasteiger charge is 2.38. The van der Waals surface area contributed by atoms with E-state index in [1.54, 1.807) is 47.2 Å². The minimum absolute atomic E-state index is 0.0448. The molecular formula is C48H60F2N10O10. The Bertz CT molecular complexity index is 2450. The molecule has 22 heteroatoms. The molecule has 8 amide bonds. The van der Waals surface area contributed by atoms with Crippen LogP contribution in [0, 0.1) is 17.0 Å². The molecule has 0 saturated heterocycles. The number of hydrogen-bond acceptors (Lipinski definition) is 11. The quantitative estimate of drug-likeness (QED) is 0.0420. The zero-order valence-electron chi connectivity index (χ0n) is 39.1. The third-order valence-electron chi connectivity index (χ3n) is 10.6. The molecular weight excluding hydrogens is 915 g/mol. The Labute approximate surface area is 403 Å². The molecule has 0 radical (unpaired) electrons. The van der Waals surface area contributed by atoms with Gasteiger partial charge in [0.15, 0.2) is 0 Å². The number of rotatable bonds is 25. The van der Waals surface area contributed by atoms with Gasteiger partial charge in [0.05, 0.1) is 25.6 Å². The van der Waals surface area contributed by atoms with E-state index in [9.17, 15) is 47.9 Å². The van der Waals surface area contributed by atoms with Crippen molar-refractivity contribution in [2.75, 3.05) is 45.9 Å². The van der Waals surface area contributed by atoms with Crippen molar-refractivity contribution < 1.29 is 57.0 Å². The molecule has 1 heterocycles. The number of primary amides is 1. The standard InChI is InChI=1S/C48H60F2N10O10/c1-48(2,3)44(38-20-32(34-21-33(49)14-15-35(34)50)27-59(38)26-30-10-6-4-7-11-30)60(43(66)28-61)19-16-36(45(67)54-18-17-53-40(63)23-51)58-46(68)37(22-39(52)62)57-42(65)25-55-41(64)24-56-47(69)70-29-31-12-8-5-9-13-31/h4-15,20-21,27,36-37,44,61H,16-19,22-26,28-29,51H2,1-3H3,(H2,52,62)(H,53,63)(H,54,67)(H,55,64)(H,56,69)(H,57,65)(H,58,68). The molecule has 4 aromatic rings. The zero-order chi connectivity index (χ0) is 51.4. The molecule has 376 valence electrons. The van der Waals surface area contributed by atoms with Crippen LogP contribution < -0.4 is 43.4 Å². The summed E-state index contributed by atoms with van der Waals surface area (Å²) in [6, 6.07) is 18.5. The first-order valence-corrected chi connectivity index (χ1v) is 22.2. The summed E-state index contributed by atoms with van der Waals surface area (Å²) >= 11 is 0. The molecule has 0 aliphatic heterocycles. The molecule has 1 aromatic heterocycles. The van der Waals surface area contributed by atoms with Crippen molar-refractivity contribution in [1.82, 2.24) is 41.4 Å². The highest BCUT2D eigenvalue weighted by molar-refractivity contribution is 5.95. The minimum atomic E-state index is -1.69. The normalized spacial score (nSPS) is 12.3. The number of aliphatic hydroxyl groups excluding tert-OH is 1. The summed E-state index contributed by atoms with van der Waals surface area (Å²) < 4.78 is 36.6. The van der Waals surface area contributed by atoms with Crippen molar-refractivity contribution >= 4 is 47.4 Å². The fraction of sp³-hybridized carbons (Fsp3) is 0.375. The Kier molecular flexibility index (Phi) is 21.0. The van der Waals surface area contributed by atoms with Gasteiger partial charge in [-0.1, -0.05) is 81.4 Å². The first-order chi connectivity index (χ1) is 33.3. The molecule has 0 aliphatic carbocycles. The largest absolute Gasteiger partial charge is 0.445 e. The Hall–Kier alpha value is -7.72. The number of nitrogens with two attached hydrogens (primary N) is 2. The molecule has 11 N–H and O–H groups in total. The lowest BCUT2D eigenvalue weighted by Crippen LogP contribution is -2.57. The maximum atomic E-state index is 15.3. The van der Waals surface area contributed by atoms with Crippen molar-refractivity contribution in [3.63, 3.8) is 0 Å². The third-order valence-corrected chi connectivity index (χ3v) is 10.6. The van der Waals surface area contributed by atoms with Crippen LogP contribution in [0.1, 0.15) is 56.5 Å². The Morgan fingerprint density at radius 2 is 1.40 bits per heavy atom. The number of benzene rings is 3. The molecule has 4 rings (SSSR count). The minimum Gasteiger partial charge on any atom is -0.445 e. The van der Waals surface area contributed by atoms with Gasteiger partial charge < -0.3 is 62.7 Å². The number of carbonyl (C=O) groups is 8. The molecule has 0 aliphatic rings. The van der Waals surface area contributed by atoms with Gasteiger partial charge in [-0.3, -0.25) is 33.6 Å². The van der Waals surface area contributed by atoms with E-state index in [0.717, 1.165) is 23.8 Å². The van der Waals surface area contributed by atoms with Gasteiger partial charge in [0.25, 0.3) is 0 Å². The summed E-state index contributed by atoms with van der Waals surface area (Å²) in [4.78, 5) is 104. The summed E-state index contributed by atoms with van der Waals surface area (Å²) in [6.07, 6.45) is -0.375. The fourth-order valence-corrected chi connectivity index (χ4v) is 7.32. The van der Waals surface area contributed by atoms with E-state index in [1.165, 1.54) is 4.90 Å². The van der Waals surface area contributed by atoms with Crippen molar-refractivity contribution in [3.8, 4) is 11.1 Å². The summed E-state index contributed by atoms with van der Waals surface area (Å²) in [5.41, 5.74) is 12.2. The van der Waals surface area contributed by atoms with E-state index in [0.29, 0.717) is 11.3 Å². The second kappa shape index (κ2) is 26.7. The van der Waals surface area contributed by atoms with Crippen LogP contribution >= 0.6 is 0 Å². The summed E-state index contributed by atoms with van der Waals surface area (Å²) in [6.45, 7) is 2.49. The number of hydrogen-bond donors (Lipinski definition) is 9. The summed E-state index contributed by atoms with van der Waals surface area (Å²) in [5, 5.41) is 24.8. The van der Waals surface area contributed by atoms with Gasteiger partial charge >= 0.3 is 6.09 Å². The molecule has 20 nitrogen and oxygen atoms in total. The van der Waals surface area contributed by atoms with Crippen LogP contribution in [0.5, 0.6) is 0 Å². The van der Waals surface area contributed by atoms with Crippen LogP contribution in [-0.2, 0) is 51.5 Å². The molecule has 0 bridgehead atoms. The fourth-order valence-electron chi connectivity index (χ4n) is 7.32. The third kappa shape index (κ3) is 17.4. The maximum absolute atomic E-state index is 15.3. The smallest absolute Gasteiger partial charge is 0.407 e. The molecule has 0 spiro atoms. The second-order valence-electron chi connectivity index (χ2n) is 17.1. The number of ether oxygens (including phenoxy) is 1. The van der Waals surface area contributed by atoms with Gasteiger partial charge in [-0.2, -0.15) is 0 Å². The zero-order valence-corrected chi connectivity index (χ0v) is 39.1. The highest BCUT2D eigenvalue weighted by atomic mass is 19.1. The predicted octanol–water partition coefficient (Wildman–Crippen LogP) is 0.859. The Balaban J connectivity index is 1.58. The number of nitrogens with zero attached hydrogens (tertiary/aromatic N) is 2. The number of aliphatic hydroxyl groups is 1. The van der Waals surface area contributed by atoms with Crippen LogP contribution in [0.2, 0.25) is 0 Å². The van der Waals surface area contributed by atoms with Gasteiger partial charge in [-0.05, 0) is 47.2 Å². The van der Waals surface area contributed by atoms with Crippen LogP contribution in [0.4, 0.5) is 13.6 Å². The predicted molar refractivity (Wildman–Crippen MR) is 251 cm³/mol. The number of aromatic nitrogens is 1. The van der Waals surface area contributed by atoms with Crippen molar-refractivity contribution in [1.29, 1.82) is 0 Å². The topological polar surface area (TPSA) is 298 Å². The van der Waals surface area contributed by atoms with Crippen LogP contribution in [0.3, 0.4) is 0 Å².